The first kappa shape index (κ1) is 12.9. The van der Waals surface area contributed by atoms with Crippen LogP contribution in [0.15, 0.2) is 0 Å². The van der Waals surface area contributed by atoms with Crippen LogP contribution in [0.25, 0.3) is 0 Å². The van der Waals surface area contributed by atoms with Gasteiger partial charge in [0.05, 0.1) is 6.61 Å². The Morgan fingerprint density at radius 2 is 2.06 bits per heavy atom. The zero-order chi connectivity index (χ0) is 12.3. The van der Waals surface area contributed by atoms with E-state index >= 15 is 0 Å². The SMILES string of the molecule is CCOC(=O)C1CC2CCCCC2C(CC)N1. The predicted octanol–water partition coefficient (Wildman–Crippen LogP) is 2.50. The van der Waals surface area contributed by atoms with Crippen LogP contribution in [0.2, 0.25) is 0 Å². The molecule has 2 aliphatic rings. The molecule has 4 atom stereocenters. The van der Waals surface area contributed by atoms with Crippen LogP contribution in [-0.2, 0) is 9.53 Å². The molecule has 2 fully saturated rings. The van der Waals surface area contributed by atoms with Gasteiger partial charge >= 0.3 is 5.97 Å². The van der Waals surface area contributed by atoms with Crippen LogP contribution in [0.1, 0.15) is 52.4 Å². The van der Waals surface area contributed by atoms with Crippen molar-refractivity contribution in [1.82, 2.24) is 5.32 Å². The highest BCUT2D eigenvalue weighted by Crippen LogP contribution is 2.39. The molecule has 0 aromatic carbocycles. The van der Waals surface area contributed by atoms with Crippen LogP contribution in [0.5, 0.6) is 0 Å². The second-order valence-electron chi connectivity index (χ2n) is 5.43. The lowest BCUT2D eigenvalue weighted by molar-refractivity contribution is -0.148. The first-order chi connectivity index (χ1) is 8.26. The van der Waals surface area contributed by atoms with Crippen molar-refractivity contribution < 1.29 is 9.53 Å². The minimum absolute atomic E-state index is 0.0463. The molecule has 98 valence electrons. The van der Waals surface area contributed by atoms with E-state index in [1.54, 1.807) is 0 Å². The van der Waals surface area contributed by atoms with Crippen molar-refractivity contribution in [1.29, 1.82) is 0 Å². The molecule has 17 heavy (non-hydrogen) atoms. The summed E-state index contributed by atoms with van der Waals surface area (Å²) in [5.41, 5.74) is 0. The molecule has 1 saturated carbocycles. The molecule has 1 aliphatic heterocycles. The second-order valence-corrected chi connectivity index (χ2v) is 5.43. The molecule has 0 aromatic heterocycles. The van der Waals surface area contributed by atoms with Crippen molar-refractivity contribution >= 4 is 5.97 Å². The van der Waals surface area contributed by atoms with Crippen LogP contribution in [0.4, 0.5) is 0 Å². The number of hydrogen-bond acceptors (Lipinski definition) is 3. The fourth-order valence-electron chi connectivity index (χ4n) is 3.64. The normalized spacial score (nSPS) is 37.3. The van der Waals surface area contributed by atoms with E-state index in [1.807, 2.05) is 6.92 Å². The third-order valence-corrected chi connectivity index (χ3v) is 4.45. The van der Waals surface area contributed by atoms with E-state index < -0.39 is 0 Å². The van der Waals surface area contributed by atoms with Gasteiger partial charge in [0.25, 0.3) is 0 Å². The Labute approximate surface area is 104 Å². The van der Waals surface area contributed by atoms with Crippen LogP contribution in [0, 0.1) is 11.8 Å². The summed E-state index contributed by atoms with van der Waals surface area (Å²) >= 11 is 0. The fourth-order valence-corrected chi connectivity index (χ4v) is 3.64. The zero-order valence-corrected chi connectivity index (χ0v) is 11.1. The van der Waals surface area contributed by atoms with Gasteiger partial charge in [-0.1, -0.05) is 26.2 Å². The van der Waals surface area contributed by atoms with Gasteiger partial charge in [-0.3, -0.25) is 4.79 Å². The molecule has 1 aliphatic carbocycles. The molecule has 0 bridgehead atoms. The van der Waals surface area contributed by atoms with Gasteiger partial charge in [-0.15, -0.1) is 0 Å². The van der Waals surface area contributed by atoms with Gasteiger partial charge in [0.2, 0.25) is 0 Å². The van der Waals surface area contributed by atoms with Crippen molar-refractivity contribution in [3.8, 4) is 0 Å². The molecule has 4 unspecified atom stereocenters. The number of rotatable bonds is 3. The summed E-state index contributed by atoms with van der Waals surface area (Å²) in [4.78, 5) is 11.8. The number of ether oxygens (including phenoxy) is 1. The van der Waals surface area contributed by atoms with Crippen molar-refractivity contribution in [2.45, 2.75) is 64.5 Å². The predicted molar refractivity (Wildman–Crippen MR) is 67.7 cm³/mol. The minimum atomic E-state index is -0.0563. The minimum Gasteiger partial charge on any atom is -0.465 e. The number of carbonyl (C=O) groups is 1. The maximum Gasteiger partial charge on any atom is 0.323 e. The Kier molecular flexibility index (Phi) is 4.43. The number of carbonyl (C=O) groups excluding carboxylic acids is 1. The van der Waals surface area contributed by atoms with Gasteiger partial charge in [-0.2, -0.15) is 0 Å². The number of hydrogen-bond donors (Lipinski definition) is 1. The number of esters is 1. The van der Waals surface area contributed by atoms with Crippen LogP contribution in [-0.4, -0.2) is 24.7 Å². The molecule has 0 spiro atoms. The van der Waals surface area contributed by atoms with Crippen LogP contribution in [0.3, 0.4) is 0 Å². The maximum atomic E-state index is 11.8. The average Bonchev–Trinajstić information content (AvgIpc) is 2.37. The van der Waals surface area contributed by atoms with Crippen molar-refractivity contribution in [3.05, 3.63) is 0 Å². The summed E-state index contributed by atoms with van der Waals surface area (Å²) in [5, 5.41) is 3.51. The molecule has 3 heteroatoms. The average molecular weight is 239 g/mol. The smallest absolute Gasteiger partial charge is 0.323 e. The summed E-state index contributed by atoms with van der Waals surface area (Å²) < 4.78 is 5.15. The summed E-state index contributed by atoms with van der Waals surface area (Å²) in [6.45, 7) is 4.58. The first-order valence-electron chi connectivity index (χ1n) is 7.19. The Morgan fingerprint density at radius 3 is 2.76 bits per heavy atom. The van der Waals surface area contributed by atoms with E-state index in [4.69, 9.17) is 4.74 Å². The van der Waals surface area contributed by atoms with Gasteiger partial charge in [-0.25, -0.2) is 0 Å². The maximum absolute atomic E-state index is 11.8. The van der Waals surface area contributed by atoms with E-state index in [-0.39, 0.29) is 12.0 Å². The summed E-state index contributed by atoms with van der Waals surface area (Å²) in [6, 6.07) is 0.461. The summed E-state index contributed by atoms with van der Waals surface area (Å²) in [5.74, 6) is 1.48. The second kappa shape index (κ2) is 5.85. The topological polar surface area (TPSA) is 38.3 Å². The Morgan fingerprint density at radius 1 is 1.29 bits per heavy atom. The van der Waals surface area contributed by atoms with E-state index in [1.165, 1.54) is 25.7 Å². The monoisotopic (exact) mass is 239 g/mol. The highest BCUT2D eigenvalue weighted by atomic mass is 16.5. The van der Waals surface area contributed by atoms with Gasteiger partial charge in [-0.05, 0) is 38.0 Å². The number of fused-ring (bicyclic) bond motifs is 1. The third kappa shape index (κ3) is 2.82. The Hall–Kier alpha value is -0.570. The fraction of sp³-hybridized carbons (Fsp3) is 0.929. The Balaban J connectivity index is 2.01. The lowest BCUT2D eigenvalue weighted by Gasteiger charge is -2.44. The molecule has 0 aromatic rings. The van der Waals surface area contributed by atoms with Crippen LogP contribution < -0.4 is 5.32 Å². The third-order valence-electron chi connectivity index (χ3n) is 4.45. The van der Waals surface area contributed by atoms with Crippen LogP contribution >= 0.6 is 0 Å². The molecule has 1 N–H and O–H groups in total. The molecule has 0 amide bonds. The van der Waals surface area contributed by atoms with Crippen molar-refractivity contribution in [2.75, 3.05) is 6.61 Å². The van der Waals surface area contributed by atoms with E-state index in [0.717, 1.165) is 24.7 Å². The van der Waals surface area contributed by atoms with E-state index in [0.29, 0.717) is 12.6 Å². The van der Waals surface area contributed by atoms with Gasteiger partial charge in [0, 0.05) is 6.04 Å². The number of nitrogens with one attached hydrogen (secondary N) is 1. The summed E-state index contributed by atoms with van der Waals surface area (Å²) in [7, 11) is 0. The number of piperidine rings is 1. The van der Waals surface area contributed by atoms with Crippen molar-refractivity contribution in [3.63, 3.8) is 0 Å². The standard InChI is InChI=1S/C14H25NO2/c1-3-12-11-8-6-5-7-10(11)9-13(15-12)14(16)17-4-2/h10-13,15H,3-9H2,1-2H3. The van der Waals surface area contributed by atoms with Crippen molar-refractivity contribution in [2.24, 2.45) is 11.8 Å². The van der Waals surface area contributed by atoms with Gasteiger partial charge in [0.15, 0.2) is 0 Å². The lowest BCUT2D eigenvalue weighted by Crippen LogP contribution is -2.55. The highest BCUT2D eigenvalue weighted by molar-refractivity contribution is 5.76. The lowest BCUT2D eigenvalue weighted by atomic mass is 9.69. The van der Waals surface area contributed by atoms with Gasteiger partial charge in [0.1, 0.15) is 6.04 Å². The highest BCUT2D eigenvalue weighted by Gasteiger charge is 2.40. The zero-order valence-electron chi connectivity index (χ0n) is 11.1. The van der Waals surface area contributed by atoms with E-state index in [9.17, 15) is 4.79 Å². The first-order valence-corrected chi connectivity index (χ1v) is 7.19. The molecule has 1 saturated heterocycles. The Bertz CT molecular complexity index is 259. The molecule has 1 heterocycles. The molecule has 0 radical (unpaired) electrons. The molecular formula is C14H25NO2. The van der Waals surface area contributed by atoms with E-state index in [2.05, 4.69) is 12.2 Å². The summed E-state index contributed by atoms with van der Waals surface area (Å²) in [6.07, 6.45) is 7.46. The largest absolute Gasteiger partial charge is 0.465 e. The molecule has 3 nitrogen and oxygen atoms in total. The molecule has 2 rings (SSSR count). The molecular weight excluding hydrogens is 214 g/mol. The quantitative estimate of drug-likeness (QED) is 0.769. The van der Waals surface area contributed by atoms with Gasteiger partial charge < -0.3 is 10.1 Å².